The molecule has 3 aromatic rings. The number of likely N-dealkylation sites (tertiary alicyclic amines) is 1. The molecule has 1 aliphatic heterocycles. The predicted octanol–water partition coefficient (Wildman–Crippen LogP) is 1.29. The molecule has 0 aromatic carbocycles. The first-order chi connectivity index (χ1) is 12.0. The Hall–Kier alpha value is -2.25. The number of aliphatic hydroxyl groups is 1. The Labute approximate surface area is 146 Å². The predicted molar refractivity (Wildman–Crippen MR) is 94.3 cm³/mol. The molecule has 0 amide bonds. The maximum Gasteiger partial charge on any atom is 0.234 e. The highest BCUT2D eigenvalue weighted by molar-refractivity contribution is 5.35. The van der Waals surface area contributed by atoms with E-state index in [0.717, 1.165) is 42.5 Å². The fourth-order valence-corrected chi connectivity index (χ4v) is 4.02. The van der Waals surface area contributed by atoms with Crippen LogP contribution in [0.15, 0.2) is 24.7 Å². The van der Waals surface area contributed by atoms with Crippen LogP contribution in [0.4, 0.5) is 0 Å². The normalized spacial score (nSPS) is 21.4. The largest absolute Gasteiger partial charge is 0.396 e. The maximum atomic E-state index is 9.81. The van der Waals surface area contributed by atoms with E-state index in [9.17, 15) is 5.11 Å². The molecule has 0 unspecified atom stereocenters. The molecule has 4 heterocycles. The van der Waals surface area contributed by atoms with Crippen LogP contribution in [-0.2, 0) is 13.6 Å². The zero-order chi connectivity index (χ0) is 17.6. The van der Waals surface area contributed by atoms with E-state index < -0.39 is 0 Å². The van der Waals surface area contributed by atoms with Gasteiger partial charge in [-0.05, 0) is 25.5 Å². The number of imidazole rings is 1. The van der Waals surface area contributed by atoms with Crippen LogP contribution in [0, 0.1) is 19.8 Å². The summed E-state index contributed by atoms with van der Waals surface area (Å²) in [5.74, 6) is 1.32. The topological polar surface area (TPSA) is 71.5 Å². The average molecular weight is 340 g/mol. The van der Waals surface area contributed by atoms with Gasteiger partial charge in [-0.2, -0.15) is 5.10 Å². The molecule has 7 heteroatoms. The molecule has 4 rings (SSSR count). The van der Waals surface area contributed by atoms with Gasteiger partial charge < -0.3 is 5.11 Å². The van der Waals surface area contributed by atoms with E-state index >= 15 is 0 Å². The van der Waals surface area contributed by atoms with E-state index in [4.69, 9.17) is 0 Å². The number of aryl methyl sites for hydroxylation is 3. The Morgan fingerprint density at radius 2 is 2.08 bits per heavy atom. The van der Waals surface area contributed by atoms with Crippen molar-refractivity contribution < 1.29 is 5.11 Å². The van der Waals surface area contributed by atoms with Gasteiger partial charge in [0.15, 0.2) is 0 Å². The van der Waals surface area contributed by atoms with Crippen molar-refractivity contribution in [1.82, 2.24) is 29.0 Å². The second kappa shape index (κ2) is 6.24. The lowest BCUT2D eigenvalue weighted by molar-refractivity contribution is 0.213. The lowest BCUT2D eigenvalue weighted by Crippen LogP contribution is -2.22. The van der Waals surface area contributed by atoms with Gasteiger partial charge in [-0.1, -0.05) is 0 Å². The van der Waals surface area contributed by atoms with Gasteiger partial charge in [-0.15, -0.1) is 0 Å². The molecule has 0 radical (unpaired) electrons. The van der Waals surface area contributed by atoms with Crippen molar-refractivity contribution in [3.8, 4) is 0 Å². The SMILES string of the molecule is Cc1cc(C)n2c(CN3C[C@@H](CO)[C@H](c4cnn(C)c4)C3)cnc2n1. The van der Waals surface area contributed by atoms with E-state index in [0.29, 0.717) is 5.92 Å². The van der Waals surface area contributed by atoms with E-state index in [1.807, 2.05) is 31.0 Å². The maximum absolute atomic E-state index is 9.81. The van der Waals surface area contributed by atoms with Gasteiger partial charge in [0, 0.05) is 62.7 Å². The number of aliphatic hydroxyl groups excluding tert-OH is 1. The summed E-state index contributed by atoms with van der Waals surface area (Å²) in [5, 5.41) is 14.1. The Morgan fingerprint density at radius 1 is 1.24 bits per heavy atom. The molecule has 1 N–H and O–H groups in total. The second-order valence-electron chi connectivity index (χ2n) is 7.11. The summed E-state index contributed by atoms with van der Waals surface area (Å²) >= 11 is 0. The third-order valence-corrected chi connectivity index (χ3v) is 5.15. The Bertz CT molecular complexity index is 898. The van der Waals surface area contributed by atoms with Crippen LogP contribution in [0.1, 0.15) is 28.6 Å². The minimum atomic E-state index is 0.197. The summed E-state index contributed by atoms with van der Waals surface area (Å²) in [6, 6.07) is 2.08. The lowest BCUT2D eigenvalue weighted by atomic mass is 9.92. The molecule has 1 saturated heterocycles. The summed E-state index contributed by atoms with van der Waals surface area (Å²) in [6.07, 6.45) is 5.89. The second-order valence-corrected chi connectivity index (χ2v) is 7.11. The highest BCUT2D eigenvalue weighted by Gasteiger charge is 2.34. The molecule has 3 aromatic heterocycles. The molecule has 25 heavy (non-hydrogen) atoms. The number of fused-ring (bicyclic) bond motifs is 1. The van der Waals surface area contributed by atoms with Crippen LogP contribution in [0.5, 0.6) is 0 Å². The van der Waals surface area contributed by atoms with Crippen LogP contribution in [0.25, 0.3) is 5.78 Å². The molecule has 0 bridgehead atoms. The molecule has 0 saturated carbocycles. The summed E-state index contributed by atoms with van der Waals surface area (Å²) in [5.41, 5.74) is 4.48. The van der Waals surface area contributed by atoms with E-state index in [1.165, 1.54) is 5.56 Å². The van der Waals surface area contributed by atoms with Crippen molar-refractivity contribution >= 4 is 5.78 Å². The summed E-state index contributed by atoms with van der Waals surface area (Å²) in [6.45, 7) is 6.88. The molecule has 1 aliphatic rings. The molecule has 2 atom stereocenters. The van der Waals surface area contributed by atoms with Crippen LogP contribution in [0.2, 0.25) is 0 Å². The number of rotatable bonds is 4. The van der Waals surface area contributed by atoms with E-state index in [2.05, 4.69) is 43.6 Å². The van der Waals surface area contributed by atoms with Gasteiger partial charge in [0.1, 0.15) is 0 Å². The minimum absolute atomic E-state index is 0.197. The highest BCUT2D eigenvalue weighted by atomic mass is 16.3. The van der Waals surface area contributed by atoms with E-state index in [1.54, 1.807) is 0 Å². The molecule has 0 aliphatic carbocycles. The van der Waals surface area contributed by atoms with Gasteiger partial charge in [-0.3, -0.25) is 14.0 Å². The number of hydrogen-bond donors (Lipinski definition) is 1. The van der Waals surface area contributed by atoms with Gasteiger partial charge in [0.2, 0.25) is 5.78 Å². The van der Waals surface area contributed by atoms with Crippen molar-refractivity contribution in [3.63, 3.8) is 0 Å². The number of aromatic nitrogens is 5. The van der Waals surface area contributed by atoms with Gasteiger partial charge in [-0.25, -0.2) is 9.97 Å². The minimum Gasteiger partial charge on any atom is -0.396 e. The monoisotopic (exact) mass is 340 g/mol. The average Bonchev–Trinajstić information content (AvgIpc) is 3.26. The zero-order valence-electron chi connectivity index (χ0n) is 14.9. The zero-order valence-corrected chi connectivity index (χ0v) is 14.9. The quantitative estimate of drug-likeness (QED) is 0.775. The third-order valence-electron chi connectivity index (χ3n) is 5.15. The van der Waals surface area contributed by atoms with Crippen LogP contribution >= 0.6 is 0 Å². The summed E-state index contributed by atoms with van der Waals surface area (Å²) in [7, 11) is 1.93. The van der Waals surface area contributed by atoms with Crippen molar-refractivity contribution in [3.05, 3.63) is 47.3 Å². The van der Waals surface area contributed by atoms with Gasteiger partial charge in [0.25, 0.3) is 0 Å². The highest BCUT2D eigenvalue weighted by Crippen LogP contribution is 2.33. The summed E-state index contributed by atoms with van der Waals surface area (Å²) < 4.78 is 3.95. The van der Waals surface area contributed by atoms with Crippen molar-refractivity contribution in [2.24, 2.45) is 13.0 Å². The van der Waals surface area contributed by atoms with Crippen LogP contribution < -0.4 is 0 Å². The first-order valence-corrected chi connectivity index (χ1v) is 8.67. The van der Waals surface area contributed by atoms with Crippen LogP contribution in [-0.4, -0.2) is 53.9 Å². The molecule has 7 nitrogen and oxygen atoms in total. The fourth-order valence-electron chi connectivity index (χ4n) is 4.02. The van der Waals surface area contributed by atoms with Gasteiger partial charge in [0.05, 0.1) is 18.1 Å². The lowest BCUT2D eigenvalue weighted by Gasteiger charge is -2.16. The first-order valence-electron chi connectivity index (χ1n) is 8.67. The Balaban J connectivity index is 1.58. The molecule has 132 valence electrons. The van der Waals surface area contributed by atoms with Crippen molar-refractivity contribution in [2.75, 3.05) is 19.7 Å². The standard InChI is InChI=1S/C18H24N6O/c1-12-4-13(2)24-16(6-19-18(24)21-12)9-23-8-15(11-25)17(10-23)14-5-20-22(3)7-14/h4-7,15,17,25H,8-11H2,1-3H3/t15-,17-/m0/s1. The molecule has 0 spiro atoms. The molecule has 1 fully saturated rings. The molecular weight excluding hydrogens is 316 g/mol. The van der Waals surface area contributed by atoms with E-state index in [-0.39, 0.29) is 12.5 Å². The smallest absolute Gasteiger partial charge is 0.234 e. The fraction of sp³-hybridized carbons (Fsp3) is 0.500. The molecular formula is C18H24N6O. The van der Waals surface area contributed by atoms with Crippen LogP contribution in [0.3, 0.4) is 0 Å². The Morgan fingerprint density at radius 3 is 2.80 bits per heavy atom. The van der Waals surface area contributed by atoms with Gasteiger partial charge >= 0.3 is 0 Å². The van der Waals surface area contributed by atoms with Crippen molar-refractivity contribution in [2.45, 2.75) is 26.3 Å². The number of hydrogen-bond acceptors (Lipinski definition) is 5. The Kier molecular flexibility index (Phi) is 4.05. The first kappa shape index (κ1) is 16.2. The number of nitrogens with zero attached hydrogens (tertiary/aromatic N) is 6. The van der Waals surface area contributed by atoms with Crippen molar-refractivity contribution in [1.29, 1.82) is 0 Å². The summed E-state index contributed by atoms with van der Waals surface area (Å²) in [4.78, 5) is 11.4. The third kappa shape index (κ3) is 2.94.